The van der Waals surface area contributed by atoms with Gasteiger partial charge in [0, 0.05) is 31.6 Å². The first-order valence-corrected chi connectivity index (χ1v) is 7.58. The van der Waals surface area contributed by atoms with Crippen LogP contribution in [-0.4, -0.2) is 53.9 Å². The van der Waals surface area contributed by atoms with Crippen LogP contribution >= 0.6 is 34.5 Å². The van der Waals surface area contributed by atoms with E-state index in [0.29, 0.717) is 15.1 Å². The zero-order valence-electron chi connectivity index (χ0n) is 10.4. The third-order valence-electron chi connectivity index (χ3n) is 3.40. The van der Waals surface area contributed by atoms with Gasteiger partial charge in [-0.25, -0.2) is 0 Å². The predicted molar refractivity (Wildman–Crippen MR) is 79.6 cm³/mol. The standard InChI is InChI=1S/C12H13Cl2N3OS/c1-16-2-4-17(5-3-16)12(18)8-6-7-9(13)10(14)19-11(7)15-8/h6,15H,2-5H2,1H3. The topological polar surface area (TPSA) is 39.3 Å². The van der Waals surface area contributed by atoms with E-state index in [4.69, 9.17) is 23.2 Å². The number of likely N-dealkylation sites (N-methyl/N-ethyl adjacent to an activating group) is 1. The molecule has 3 heterocycles. The Morgan fingerprint density at radius 1 is 1.32 bits per heavy atom. The summed E-state index contributed by atoms with van der Waals surface area (Å²) in [6.07, 6.45) is 0. The second kappa shape index (κ2) is 4.98. The van der Waals surface area contributed by atoms with E-state index in [9.17, 15) is 4.79 Å². The molecule has 19 heavy (non-hydrogen) atoms. The molecule has 1 aliphatic heterocycles. The van der Waals surface area contributed by atoms with Crippen molar-refractivity contribution in [3.8, 4) is 0 Å². The molecule has 1 amide bonds. The Morgan fingerprint density at radius 3 is 2.63 bits per heavy atom. The van der Waals surface area contributed by atoms with Crippen LogP contribution in [0.4, 0.5) is 0 Å². The third-order valence-corrected chi connectivity index (χ3v) is 5.33. The number of hydrogen-bond donors (Lipinski definition) is 1. The van der Waals surface area contributed by atoms with Crippen molar-refractivity contribution in [3.63, 3.8) is 0 Å². The van der Waals surface area contributed by atoms with E-state index in [2.05, 4.69) is 16.9 Å². The lowest BCUT2D eigenvalue weighted by molar-refractivity contribution is 0.0659. The van der Waals surface area contributed by atoms with E-state index in [0.717, 1.165) is 36.4 Å². The van der Waals surface area contributed by atoms with Gasteiger partial charge in [0.15, 0.2) is 0 Å². The van der Waals surface area contributed by atoms with Crippen molar-refractivity contribution in [2.24, 2.45) is 0 Å². The van der Waals surface area contributed by atoms with Gasteiger partial charge in [-0.1, -0.05) is 23.2 Å². The summed E-state index contributed by atoms with van der Waals surface area (Å²) in [7, 11) is 2.06. The van der Waals surface area contributed by atoms with Crippen LogP contribution in [0.25, 0.3) is 10.2 Å². The van der Waals surface area contributed by atoms with E-state index < -0.39 is 0 Å². The fourth-order valence-corrected chi connectivity index (χ4v) is 3.68. The van der Waals surface area contributed by atoms with Crippen molar-refractivity contribution in [1.82, 2.24) is 14.8 Å². The lowest BCUT2D eigenvalue weighted by Crippen LogP contribution is -2.47. The highest BCUT2D eigenvalue weighted by Gasteiger charge is 2.23. The quantitative estimate of drug-likeness (QED) is 0.878. The Morgan fingerprint density at radius 2 is 2.00 bits per heavy atom. The summed E-state index contributed by atoms with van der Waals surface area (Å²) in [5, 5.41) is 1.35. The van der Waals surface area contributed by atoms with Crippen molar-refractivity contribution in [2.75, 3.05) is 33.2 Å². The first-order chi connectivity index (χ1) is 9.06. The number of carbonyl (C=O) groups is 1. The van der Waals surface area contributed by atoms with Crippen LogP contribution in [0.5, 0.6) is 0 Å². The molecule has 7 heteroatoms. The lowest BCUT2D eigenvalue weighted by Gasteiger charge is -2.32. The van der Waals surface area contributed by atoms with Crippen LogP contribution in [-0.2, 0) is 0 Å². The highest BCUT2D eigenvalue weighted by atomic mass is 35.5. The van der Waals surface area contributed by atoms with Gasteiger partial charge in [0.25, 0.3) is 5.91 Å². The number of hydrogen-bond acceptors (Lipinski definition) is 3. The maximum Gasteiger partial charge on any atom is 0.270 e. The number of carbonyl (C=O) groups excluding carboxylic acids is 1. The molecule has 0 saturated carbocycles. The van der Waals surface area contributed by atoms with Crippen LogP contribution in [0.3, 0.4) is 0 Å². The smallest absolute Gasteiger partial charge is 0.270 e. The molecule has 1 N–H and O–H groups in total. The van der Waals surface area contributed by atoms with Gasteiger partial charge in [0.1, 0.15) is 14.9 Å². The van der Waals surface area contributed by atoms with E-state index >= 15 is 0 Å². The van der Waals surface area contributed by atoms with Crippen molar-refractivity contribution < 1.29 is 4.79 Å². The molecule has 102 valence electrons. The molecule has 3 rings (SSSR count). The highest BCUT2D eigenvalue weighted by Crippen LogP contribution is 2.39. The van der Waals surface area contributed by atoms with E-state index in [1.54, 1.807) is 6.07 Å². The summed E-state index contributed by atoms with van der Waals surface area (Å²) >= 11 is 13.4. The van der Waals surface area contributed by atoms with Gasteiger partial charge in [-0.15, -0.1) is 11.3 Å². The minimum Gasteiger partial charge on any atom is -0.342 e. The predicted octanol–water partition coefficient (Wildman–Crippen LogP) is 2.92. The second-order valence-corrected chi connectivity index (χ2v) is 6.71. The number of aromatic amines is 1. The number of nitrogens with one attached hydrogen (secondary N) is 1. The van der Waals surface area contributed by atoms with Gasteiger partial charge < -0.3 is 14.8 Å². The van der Waals surface area contributed by atoms with Gasteiger partial charge in [-0.3, -0.25) is 4.79 Å². The number of halogens is 2. The average molecular weight is 318 g/mol. The normalized spacial score (nSPS) is 17.3. The minimum absolute atomic E-state index is 0.0312. The molecule has 0 radical (unpaired) electrons. The Labute approximate surface area is 124 Å². The number of fused-ring (bicyclic) bond motifs is 1. The van der Waals surface area contributed by atoms with Crippen molar-refractivity contribution >= 4 is 50.7 Å². The lowest BCUT2D eigenvalue weighted by atomic mass is 10.3. The summed E-state index contributed by atoms with van der Waals surface area (Å²) in [5.41, 5.74) is 0.587. The van der Waals surface area contributed by atoms with Crippen LogP contribution < -0.4 is 0 Å². The first-order valence-electron chi connectivity index (χ1n) is 6.00. The maximum absolute atomic E-state index is 12.4. The Balaban J connectivity index is 1.85. The number of thiophene rings is 1. The van der Waals surface area contributed by atoms with Gasteiger partial charge in [0.05, 0.1) is 5.02 Å². The zero-order chi connectivity index (χ0) is 13.6. The summed E-state index contributed by atoms with van der Waals surface area (Å²) in [5.74, 6) is 0.0312. The van der Waals surface area contributed by atoms with Gasteiger partial charge in [-0.05, 0) is 13.1 Å². The van der Waals surface area contributed by atoms with E-state index in [-0.39, 0.29) is 5.91 Å². The molecule has 0 aromatic carbocycles. The Bertz CT molecular complexity index is 628. The second-order valence-electron chi connectivity index (χ2n) is 4.71. The van der Waals surface area contributed by atoms with E-state index in [1.165, 1.54) is 11.3 Å². The molecular weight excluding hydrogens is 305 g/mol. The van der Waals surface area contributed by atoms with Crippen LogP contribution in [0, 0.1) is 0 Å². The SMILES string of the molecule is CN1CCN(C(=O)c2cc3c(Cl)c(Cl)sc3[nH]2)CC1. The molecule has 0 atom stereocenters. The number of aromatic nitrogens is 1. The zero-order valence-corrected chi connectivity index (χ0v) is 12.7. The molecule has 4 nitrogen and oxygen atoms in total. The third kappa shape index (κ3) is 2.36. The number of rotatable bonds is 1. The molecular formula is C12H13Cl2N3OS. The molecule has 2 aromatic heterocycles. The monoisotopic (exact) mass is 317 g/mol. The summed E-state index contributed by atoms with van der Waals surface area (Å²) in [4.78, 5) is 20.4. The van der Waals surface area contributed by atoms with Crippen LogP contribution in [0.2, 0.25) is 9.36 Å². The fourth-order valence-electron chi connectivity index (χ4n) is 2.21. The molecule has 1 aliphatic rings. The molecule has 0 bridgehead atoms. The molecule has 1 saturated heterocycles. The average Bonchev–Trinajstić information content (AvgIpc) is 2.91. The summed E-state index contributed by atoms with van der Waals surface area (Å²) < 4.78 is 0.557. The highest BCUT2D eigenvalue weighted by molar-refractivity contribution is 7.23. The summed E-state index contributed by atoms with van der Waals surface area (Å²) in [6.45, 7) is 3.34. The van der Waals surface area contributed by atoms with Crippen molar-refractivity contribution in [2.45, 2.75) is 0 Å². The number of nitrogens with zero attached hydrogens (tertiary/aromatic N) is 2. The van der Waals surface area contributed by atoms with Gasteiger partial charge >= 0.3 is 0 Å². The largest absolute Gasteiger partial charge is 0.342 e. The number of H-pyrrole nitrogens is 1. The molecule has 0 spiro atoms. The molecule has 1 fully saturated rings. The van der Waals surface area contributed by atoms with Gasteiger partial charge in [0.2, 0.25) is 0 Å². The molecule has 0 unspecified atom stereocenters. The molecule has 2 aromatic rings. The van der Waals surface area contributed by atoms with E-state index in [1.807, 2.05) is 4.90 Å². The molecule has 0 aliphatic carbocycles. The first kappa shape index (κ1) is 13.2. The van der Waals surface area contributed by atoms with Crippen molar-refractivity contribution in [3.05, 3.63) is 21.1 Å². The van der Waals surface area contributed by atoms with Crippen molar-refractivity contribution in [1.29, 1.82) is 0 Å². The number of piperazine rings is 1. The minimum atomic E-state index is 0.0312. The van der Waals surface area contributed by atoms with Gasteiger partial charge in [-0.2, -0.15) is 0 Å². The van der Waals surface area contributed by atoms with Crippen LogP contribution in [0.1, 0.15) is 10.5 Å². The van der Waals surface area contributed by atoms with Crippen LogP contribution in [0.15, 0.2) is 6.07 Å². The maximum atomic E-state index is 12.4. The number of amides is 1. The Hall–Kier alpha value is -0.750. The Kier molecular flexibility index (Phi) is 3.47. The summed E-state index contributed by atoms with van der Waals surface area (Å²) in [6, 6.07) is 1.79. The fraction of sp³-hybridized carbons (Fsp3) is 0.417.